The highest BCUT2D eigenvalue weighted by molar-refractivity contribution is 14.0. The second kappa shape index (κ2) is 13.2. The molecule has 2 rings (SSSR count). The Hall–Kier alpha value is -1.10. The lowest BCUT2D eigenvalue weighted by molar-refractivity contribution is -0.130. The highest BCUT2D eigenvalue weighted by Gasteiger charge is 2.23. The maximum Gasteiger partial charge on any atom is 0.220 e. The Labute approximate surface area is 186 Å². The summed E-state index contributed by atoms with van der Waals surface area (Å²) in [5, 5.41) is 6.12. The van der Waals surface area contributed by atoms with Crippen LogP contribution in [0.15, 0.2) is 4.99 Å². The number of hydrogen-bond donors (Lipinski definition) is 2. The number of likely N-dealkylation sites (tertiary alicyclic amines) is 1. The molecule has 0 radical (unpaired) electrons. The molecule has 2 heterocycles. The van der Waals surface area contributed by atoms with Gasteiger partial charge in [0.25, 0.3) is 0 Å². The van der Waals surface area contributed by atoms with Crippen molar-refractivity contribution in [3.63, 3.8) is 0 Å². The Kier molecular flexibility index (Phi) is 11.7. The predicted octanol–water partition coefficient (Wildman–Crippen LogP) is 0.582. The maximum absolute atomic E-state index is 11.6. The van der Waals surface area contributed by atoms with Crippen molar-refractivity contribution in [2.45, 2.75) is 33.1 Å². The van der Waals surface area contributed by atoms with Gasteiger partial charge in [-0.3, -0.25) is 19.5 Å². The smallest absolute Gasteiger partial charge is 0.220 e. The van der Waals surface area contributed by atoms with Gasteiger partial charge < -0.3 is 20.4 Å². The van der Waals surface area contributed by atoms with E-state index in [1.54, 1.807) is 14.0 Å². The Morgan fingerprint density at radius 2 is 1.68 bits per heavy atom. The van der Waals surface area contributed by atoms with Crippen molar-refractivity contribution in [1.29, 1.82) is 0 Å². The van der Waals surface area contributed by atoms with Gasteiger partial charge in [-0.25, -0.2) is 0 Å². The van der Waals surface area contributed by atoms with Gasteiger partial charge in [-0.15, -0.1) is 24.0 Å². The van der Waals surface area contributed by atoms with E-state index >= 15 is 0 Å². The summed E-state index contributed by atoms with van der Waals surface area (Å²) in [6.07, 6.45) is 2.69. The highest BCUT2D eigenvalue weighted by Crippen LogP contribution is 2.20. The summed E-state index contributed by atoms with van der Waals surface area (Å²) in [6.45, 7) is 11.7. The zero-order valence-electron chi connectivity index (χ0n) is 17.6. The molecule has 8 nitrogen and oxygen atoms in total. The molecule has 0 atom stereocenters. The molecule has 2 aliphatic heterocycles. The molecule has 2 saturated heterocycles. The number of amides is 2. The average Bonchev–Trinajstić information content (AvgIpc) is 2.68. The summed E-state index contributed by atoms with van der Waals surface area (Å²) in [5.41, 5.74) is 0. The lowest BCUT2D eigenvalue weighted by Gasteiger charge is -2.35. The van der Waals surface area contributed by atoms with E-state index < -0.39 is 0 Å². The minimum Gasteiger partial charge on any atom is -0.359 e. The van der Waals surface area contributed by atoms with Gasteiger partial charge in [-0.05, 0) is 25.7 Å². The quantitative estimate of drug-likeness (QED) is 0.312. The first-order valence-electron chi connectivity index (χ1n) is 10.2. The third-order valence-electron chi connectivity index (χ3n) is 5.50. The zero-order valence-corrected chi connectivity index (χ0v) is 19.9. The molecular weight excluding hydrogens is 471 g/mol. The van der Waals surface area contributed by atoms with Gasteiger partial charge in [-0.1, -0.05) is 0 Å². The topological polar surface area (TPSA) is 80.3 Å². The number of nitrogens with one attached hydrogen (secondary N) is 2. The van der Waals surface area contributed by atoms with E-state index in [0.29, 0.717) is 12.3 Å². The molecule has 0 saturated carbocycles. The van der Waals surface area contributed by atoms with Crippen LogP contribution in [0.3, 0.4) is 0 Å². The van der Waals surface area contributed by atoms with E-state index in [1.165, 1.54) is 0 Å². The van der Waals surface area contributed by atoms with Crippen molar-refractivity contribution >= 4 is 41.8 Å². The Balaban J connectivity index is 0.00000392. The fourth-order valence-electron chi connectivity index (χ4n) is 3.72. The van der Waals surface area contributed by atoms with Crippen molar-refractivity contribution in [2.75, 3.05) is 66.0 Å². The second-order valence-corrected chi connectivity index (χ2v) is 7.39. The summed E-state index contributed by atoms with van der Waals surface area (Å²) < 4.78 is 0. The van der Waals surface area contributed by atoms with E-state index in [-0.39, 0.29) is 35.8 Å². The van der Waals surface area contributed by atoms with Gasteiger partial charge >= 0.3 is 0 Å². The maximum atomic E-state index is 11.6. The molecule has 28 heavy (non-hydrogen) atoms. The van der Waals surface area contributed by atoms with Crippen molar-refractivity contribution in [2.24, 2.45) is 10.9 Å². The van der Waals surface area contributed by atoms with Crippen LogP contribution in [-0.4, -0.2) is 98.4 Å². The van der Waals surface area contributed by atoms with Crippen LogP contribution in [0.2, 0.25) is 0 Å². The molecule has 2 amide bonds. The number of carbonyl (C=O) groups is 2. The Bertz CT molecular complexity index is 515. The molecule has 162 valence electrons. The van der Waals surface area contributed by atoms with Gasteiger partial charge in [0.1, 0.15) is 0 Å². The normalized spacial score (nSPS) is 19.2. The van der Waals surface area contributed by atoms with E-state index in [9.17, 15) is 9.59 Å². The first kappa shape index (κ1) is 24.9. The first-order chi connectivity index (χ1) is 13.0. The largest absolute Gasteiger partial charge is 0.359 e. The predicted molar refractivity (Wildman–Crippen MR) is 123 cm³/mol. The average molecular weight is 508 g/mol. The van der Waals surface area contributed by atoms with Gasteiger partial charge in [-0.2, -0.15) is 0 Å². The molecule has 0 bridgehead atoms. The number of nitrogens with zero attached hydrogens (tertiary/aromatic N) is 4. The van der Waals surface area contributed by atoms with Crippen LogP contribution in [0, 0.1) is 5.92 Å². The third kappa shape index (κ3) is 8.10. The van der Waals surface area contributed by atoms with Gasteiger partial charge in [0.15, 0.2) is 5.96 Å². The number of piperazine rings is 1. The number of hydrogen-bond acceptors (Lipinski definition) is 4. The van der Waals surface area contributed by atoms with Crippen LogP contribution < -0.4 is 10.6 Å². The lowest BCUT2D eigenvalue weighted by atomic mass is 9.93. The van der Waals surface area contributed by atoms with E-state index in [2.05, 4.69) is 27.4 Å². The zero-order chi connectivity index (χ0) is 19.6. The molecule has 2 aliphatic rings. The minimum absolute atomic E-state index is 0. The fraction of sp³-hybridized carbons (Fsp3) is 0.842. The van der Waals surface area contributed by atoms with Crippen LogP contribution in [-0.2, 0) is 9.59 Å². The standard InChI is InChI=1S/C19H36N6O2.HI/c1-4-21-19(25-8-5-17(6-9-25)15-18(27)20-3)22-7-10-23-11-13-24(14-12-23)16(2)26;/h17H,4-15H2,1-3H3,(H,20,27)(H,21,22);1H. The monoisotopic (exact) mass is 508 g/mol. The summed E-state index contributed by atoms with van der Waals surface area (Å²) in [4.78, 5) is 34.4. The minimum atomic E-state index is 0. The highest BCUT2D eigenvalue weighted by atomic mass is 127. The van der Waals surface area contributed by atoms with Crippen LogP contribution >= 0.6 is 24.0 Å². The fourth-order valence-corrected chi connectivity index (χ4v) is 3.72. The molecule has 2 fully saturated rings. The van der Waals surface area contributed by atoms with Crippen LogP contribution in [0.1, 0.15) is 33.1 Å². The summed E-state index contributed by atoms with van der Waals surface area (Å²) in [7, 11) is 1.70. The van der Waals surface area contributed by atoms with Crippen molar-refractivity contribution in [3.8, 4) is 0 Å². The molecule has 0 aliphatic carbocycles. The molecule has 0 aromatic carbocycles. The molecule has 2 N–H and O–H groups in total. The molecule has 0 unspecified atom stereocenters. The molecular formula is C19H37IN6O2. The Morgan fingerprint density at radius 3 is 2.21 bits per heavy atom. The van der Waals surface area contributed by atoms with Gasteiger partial charge in [0, 0.05) is 72.8 Å². The van der Waals surface area contributed by atoms with E-state index in [4.69, 9.17) is 4.99 Å². The van der Waals surface area contributed by atoms with Crippen LogP contribution in [0.25, 0.3) is 0 Å². The summed E-state index contributed by atoms with van der Waals surface area (Å²) in [5.74, 6) is 1.76. The molecule has 0 aromatic heterocycles. The van der Waals surface area contributed by atoms with Crippen LogP contribution in [0.5, 0.6) is 0 Å². The first-order valence-corrected chi connectivity index (χ1v) is 10.2. The number of halogens is 1. The molecule has 0 aromatic rings. The number of carbonyl (C=O) groups excluding carboxylic acids is 2. The van der Waals surface area contributed by atoms with E-state index in [0.717, 1.165) is 77.7 Å². The molecule has 0 spiro atoms. The summed E-state index contributed by atoms with van der Waals surface area (Å²) in [6, 6.07) is 0. The van der Waals surface area contributed by atoms with Crippen molar-refractivity contribution in [3.05, 3.63) is 0 Å². The third-order valence-corrected chi connectivity index (χ3v) is 5.50. The second-order valence-electron chi connectivity index (χ2n) is 7.39. The van der Waals surface area contributed by atoms with Gasteiger partial charge in [0.2, 0.25) is 11.8 Å². The number of aliphatic imine (C=N–C) groups is 1. The summed E-state index contributed by atoms with van der Waals surface area (Å²) >= 11 is 0. The molecule has 9 heteroatoms. The number of rotatable bonds is 6. The SMILES string of the molecule is CCNC(=NCCN1CCN(C(C)=O)CC1)N1CCC(CC(=O)NC)CC1.I. The lowest BCUT2D eigenvalue weighted by Crippen LogP contribution is -2.49. The van der Waals surface area contributed by atoms with E-state index in [1.807, 2.05) is 4.90 Å². The van der Waals surface area contributed by atoms with Crippen LogP contribution in [0.4, 0.5) is 0 Å². The van der Waals surface area contributed by atoms with Crippen molar-refractivity contribution < 1.29 is 9.59 Å². The number of guanidine groups is 1. The van der Waals surface area contributed by atoms with Crippen molar-refractivity contribution in [1.82, 2.24) is 25.3 Å². The Morgan fingerprint density at radius 1 is 1.04 bits per heavy atom. The number of piperidine rings is 1. The van der Waals surface area contributed by atoms with Gasteiger partial charge in [0.05, 0.1) is 6.54 Å².